The first-order chi connectivity index (χ1) is 12.3. The number of hydrogen-bond acceptors (Lipinski definition) is 5. The summed E-state index contributed by atoms with van der Waals surface area (Å²) in [6.07, 6.45) is 5.49. The normalized spacial score (nSPS) is 59.1. The lowest BCUT2D eigenvalue weighted by Crippen LogP contribution is -2.71. The highest BCUT2D eigenvalue weighted by Crippen LogP contribution is 2.72. The number of aliphatic hydroxyl groups excluding tert-OH is 2. The van der Waals surface area contributed by atoms with Crippen LogP contribution in [-0.2, 0) is 19.7 Å². The highest BCUT2D eigenvalue weighted by Gasteiger charge is 2.71. The zero-order valence-corrected chi connectivity index (χ0v) is 16.3. The predicted octanol–water partition coefficient (Wildman–Crippen LogP) is 2.50. The van der Waals surface area contributed by atoms with Crippen LogP contribution in [0, 0.1) is 34.0 Å². The van der Waals surface area contributed by atoms with E-state index >= 15 is 0 Å². The molecule has 1 aliphatic heterocycles. The van der Waals surface area contributed by atoms with Crippen molar-refractivity contribution in [2.45, 2.75) is 64.1 Å². The van der Waals surface area contributed by atoms with Gasteiger partial charge in [0.2, 0.25) is 0 Å². The Kier molecular flexibility index (Phi) is 3.86. The molecule has 6 aliphatic rings. The van der Waals surface area contributed by atoms with Gasteiger partial charge < -0.3 is 10.2 Å². The quantitative estimate of drug-likeness (QED) is 0.630. The third kappa shape index (κ3) is 2.03. The second-order valence-electron chi connectivity index (χ2n) is 9.89. The fraction of sp³-hybridized carbons (Fsp3) is 0.900. The molecule has 5 nitrogen and oxygen atoms in total. The molecule has 3 unspecified atom stereocenters. The van der Waals surface area contributed by atoms with Crippen molar-refractivity contribution in [1.29, 1.82) is 0 Å². The summed E-state index contributed by atoms with van der Waals surface area (Å²) in [5.74, 6) is 0.793. The van der Waals surface area contributed by atoms with Gasteiger partial charge in [0, 0.05) is 10.8 Å². The molecule has 0 aromatic carbocycles. The van der Waals surface area contributed by atoms with Gasteiger partial charge in [-0.1, -0.05) is 19.9 Å². The van der Waals surface area contributed by atoms with Gasteiger partial charge in [-0.05, 0) is 67.3 Å². The molecule has 0 aromatic heterocycles. The lowest BCUT2D eigenvalue weighted by atomic mass is 9.35. The van der Waals surface area contributed by atoms with E-state index < -0.39 is 29.0 Å². The van der Waals surface area contributed by atoms with Crippen LogP contribution in [0.4, 0.5) is 0 Å². The minimum absolute atomic E-state index is 0.0983. The number of rotatable bonds is 0. The van der Waals surface area contributed by atoms with Crippen LogP contribution in [0.3, 0.4) is 0 Å². The molecular weight excluding hydrogens is 352 g/mol. The summed E-state index contributed by atoms with van der Waals surface area (Å²) >= 11 is -1.71. The summed E-state index contributed by atoms with van der Waals surface area (Å²) in [6.45, 7) is 7.23. The van der Waals surface area contributed by atoms with Crippen molar-refractivity contribution in [3.05, 3.63) is 12.2 Å². The minimum atomic E-state index is -1.71. The molecule has 1 heterocycles. The van der Waals surface area contributed by atoms with Gasteiger partial charge in [-0.25, -0.2) is 0 Å². The van der Waals surface area contributed by atoms with Gasteiger partial charge in [-0.3, -0.25) is 8.37 Å². The fourth-order valence-electron chi connectivity index (χ4n) is 7.87. The Balaban J connectivity index is 1.66. The first kappa shape index (κ1) is 17.8. The topological polar surface area (TPSA) is 76.0 Å². The van der Waals surface area contributed by atoms with Crippen LogP contribution in [0.2, 0.25) is 0 Å². The molecule has 146 valence electrons. The van der Waals surface area contributed by atoms with Crippen LogP contribution >= 0.6 is 0 Å². The van der Waals surface area contributed by atoms with E-state index in [0.717, 1.165) is 44.1 Å². The molecule has 1 saturated heterocycles. The van der Waals surface area contributed by atoms with Crippen molar-refractivity contribution >= 4 is 11.4 Å². The molecule has 9 atom stereocenters. The Hall–Kier alpha value is -0.270. The summed E-state index contributed by atoms with van der Waals surface area (Å²) in [5, 5.41) is 22.5. The van der Waals surface area contributed by atoms with Crippen molar-refractivity contribution in [2.24, 2.45) is 34.0 Å². The standard InChI is InChI=1S/C20H30O5S/c1-12-13-4-7-20(17(12)22)15(8-13)19-6-3-5-18(2,14(19)9-16(20)21)10-24-26(23)25-11-19/h13-17,21-22H,1,3-11H2,2H3/t13-,14?,15?,16+,17-,18-,19-,20+,26?/m0/s1. The second-order valence-corrected chi connectivity index (χ2v) is 10.8. The number of aliphatic hydroxyl groups is 2. The Morgan fingerprint density at radius 2 is 1.88 bits per heavy atom. The van der Waals surface area contributed by atoms with Gasteiger partial charge in [0.1, 0.15) is 0 Å². The molecule has 0 amide bonds. The van der Waals surface area contributed by atoms with Crippen molar-refractivity contribution in [3.63, 3.8) is 0 Å². The third-order valence-corrected chi connectivity index (χ3v) is 9.71. The predicted molar refractivity (Wildman–Crippen MR) is 97.0 cm³/mol. The summed E-state index contributed by atoms with van der Waals surface area (Å²) in [4.78, 5) is 0. The van der Waals surface area contributed by atoms with Gasteiger partial charge >= 0.3 is 11.4 Å². The minimum Gasteiger partial charge on any atom is -0.392 e. The van der Waals surface area contributed by atoms with E-state index in [-0.39, 0.29) is 22.7 Å². The average molecular weight is 383 g/mol. The van der Waals surface area contributed by atoms with Crippen molar-refractivity contribution < 1.29 is 22.8 Å². The fourth-order valence-corrected chi connectivity index (χ4v) is 8.62. The highest BCUT2D eigenvalue weighted by atomic mass is 32.2. The Morgan fingerprint density at radius 3 is 2.69 bits per heavy atom. The molecule has 6 heteroatoms. The summed E-state index contributed by atoms with van der Waals surface area (Å²) in [6, 6.07) is 0. The smallest absolute Gasteiger partial charge is 0.304 e. The Labute approximate surface area is 158 Å². The molecule has 2 N–H and O–H groups in total. The summed E-state index contributed by atoms with van der Waals surface area (Å²) in [5.41, 5.74) is 0.176. The zero-order valence-electron chi connectivity index (χ0n) is 15.5. The molecule has 0 radical (unpaired) electrons. The van der Waals surface area contributed by atoms with Crippen molar-refractivity contribution in [1.82, 2.24) is 0 Å². The van der Waals surface area contributed by atoms with Crippen LogP contribution in [0.5, 0.6) is 0 Å². The number of hydrogen-bond donors (Lipinski definition) is 2. The third-order valence-electron chi connectivity index (χ3n) is 9.09. The number of fused-ring (bicyclic) bond motifs is 2. The maximum absolute atomic E-state index is 12.1. The monoisotopic (exact) mass is 382 g/mol. The molecule has 6 fully saturated rings. The lowest BCUT2D eigenvalue weighted by molar-refractivity contribution is -0.267. The van der Waals surface area contributed by atoms with E-state index in [4.69, 9.17) is 8.37 Å². The molecule has 26 heavy (non-hydrogen) atoms. The van der Waals surface area contributed by atoms with Crippen LogP contribution in [0.15, 0.2) is 12.2 Å². The SMILES string of the molecule is C=C1[C@H]2CC[C@]3(C(C2)[C@@]24CCC[C@@](C)(COS(=O)OC2)C4C[C@H]3O)[C@H]1O. The van der Waals surface area contributed by atoms with Gasteiger partial charge in [0.05, 0.1) is 25.4 Å². The molecule has 5 aliphatic carbocycles. The second kappa shape index (κ2) is 5.63. The highest BCUT2D eigenvalue weighted by molar-refractivity contribution is 7.75. The molecular formula is C20H30O5S. The van der Waals surface area contributed by atoms with E-state index in [0.29, 0.717) is 25.6 Å². The summed E-state index contributed by atoms with van der Waals surface area (Å²) in [7, 11) is 0. The Bertz CT molecular complexity index is 667. The van der Waals surface area contributed by atoms with Crippen molar-refractivity contribution in [3.8, 4) is 0 Å². The van der Waals surface area contributed by atoms with Crippen molar-refractivity contribution in [2.75, 3.05) is 13.2 Å². The maximum Gasteiger partial charge on any atom is 0.304 e. The van der Waals surface area contributed by atoms with Crippen LogP contribution < -0.4 is 0 Å². The van der Waals surface area contributed by atoms with Gasteiger partial charge in [-0.2, -0.15) is 4.21 Å². The molecule has 1 spiro atoms. The van der Waals surface area contributed by atoms with E-state index in [2.05, 4.69) is 13.5 Å². The molecule has 0 aromatic rings. The van der Waals surface area contributed by atoms with Crippen LogP contribution in [0.1, 0.15) is 51.9 Å². The lowest BCUT2D eigenvalue weighted by Gasteiger charge is -2.71. The molecule has 6 rings (SSSR count). The van der Waals surface area contributed by atoms with Gasteiger partial charge in [0.15, 0.2) is 0 Å². The average Bonchev–Trinajstić information content (AvgIpc) is 2.63. The summed E-state index contributed by atoms with van der Waals surface area (Å²) < 4.78 is 23.3. The van der Waals surface area contributed by atoms with E-state index in [1.807, 2.05) is 0 Å². The van der Waals surface area contributed by atoms with E-state index in [9.17, 15) is 14.4 Å². The van der Waals surface area contributed by atoms with Crippen LogP contribution in [-0.4, -0.2) is 39.8 Å². The van der Waals surface area contributed by atoms with E-state index in [1.165, 1.54) is 0 Å². The van der Waals surface area contributed by atoms with Crippen LogP contribution in [0.25, 0.3) is 0 Å². The van der Waals surface area contributed by atoms with E-state index in [1.54, 1.807) is 0 Å². The van der Waals surface area contributed by atoms with Gasteiger partial charge in [0.25, 0.3) is 0 Å². The zero-order chi connectivity index (χ0) is 18.3. The first-order valence-electron chi connectivity index (χ1n) is 10.1. The molecule has 4 bridgehead atoms. The van der Waals surface area contributed by atoms with Gasteiger partial charge in [-0.15, -0.1) is 0 Å². The molecule has 5 saturated carbocycles. The maximum atomic E-state index is 12.1. The largest absolute Gasteiger partial charge is 0.392 e. The Morgan fingerprint density at radius 1 is 1.12 bits per heavy atom. The first-order valence-corrected chi connectivity index (χ1v) is 11.1.